The molecule has 0 aliphatic heterocycles. The van der Waals surface area contributed by atoms with Crippen molar-refractivity contribution in [2.24, 2.45) is 0 Å². The second-order valence-corrected chi connectivity index (χ2v) is 4.81. The number of aryl methyl sites for hydroxylation is 1. The van der Waals surface area contributed by atoms with Gasteiger partial charge in [0.1, 0.15) is 0 Å². The molecule has 0 amide bonds. The highest BCUT2D eigenvalue weighted by molar-refractivity contribution is 5.90. The smallest absolute Gasteiger partial charge is 0.337 e. The first kappa shape index (κ1) is 17.0. The highest BCUT2D eigenvalue weighted by atomic mass is 16.5. The Morgan fingerprint density at radius 2 is 2.10 bits per heavy atom. The van der Waals surface area contributed by atoms with Crippen LogP contribution < -0.4 is 10.6 Å². The molecule has 0 aliphatic carbocycles. The number of hydrogen-bond donors (Lipinski definition) is 2. The van der Waals surface area contributed by atoms with Gasteiger partial charge in [0, 0.05) is 6.20 Å². The van der Waals surface area contributed by atoms with Crippen LogP contribution in [0.25, 0.3) is 5.57 Å². The number of methoxy groups -OCH3 is 1. The number of carbonyl (C=O) groups is 1. The predicted octanol–water partition coefficient (Wildman–Crippen LogP) is 2.85. The second kappa shape index (κ2) is 8.27. The summed E-state index contributed by atoms with van der Waals surface area (Å²) in [5.41, 5.74) is 3.76. The zero-order chi connectivity index (χ0) is 15.8. The molecule has 0 radical (unpaired) electrons. The van der Waals surface area contributed by atoms with Crippen molar-refractivity contribution >= 4 is 11.5 Å². The van der Waals surface area contributed by atoms with E-state index in [-0.39, 0.29) is 12.1 Å². The van der Waals surface area contributed by atoms with Gasteiger partial charge in [-0.25, -0.2) is 4.79 Å². The molecule has 0 aliphatic rings. The van der Waals surface area contributed by atoms with Crippen LogP contribution >= 0.6 is 0 Å². The maximum atomic E-state index is 11.6. The van der Waals surface area contributed by atoms with Crippen molar-refractivity contribution in [1.82, 2.24) is 10.6 Å². The van der Waals surface area contributed by atoms with Gasteiger partial charge in [-0.15, -0.1) is 0 Å². The average Bonchev–Trinajstić information content (AvgIpc) is 2.50. The van der Waals surface area contributed by atoms with Crippen LogP contribution in [-0.4, -0.2) is 26.3 Å². The van der Waals surface area contributed by atoms with E-state index in [0.717, 1.165) is 16.7 Å². The summed E-state index contributed by atoms with van der Waals surface area (Å²) in [6.45, 7) is 6.01. The minimum atomic E-state index is -0.320. The van der Waals surface area contributed by atoms with Gasteiger partial charge >= 0.3 is 5.97 Å². The van der Waals surface area contributed by atoms with Gasteiger partial charge in [-0.3, -0.25) is 5.32 Å². The van der Waals surface area contributed by atoms with E-state index < -0.39 is 0 Å². The van der Waals surface area contributed by atoms with Crippen molar-refractivity contribution in [2.75, 3.05) is 14.2 Å². The summed E-state index contributed by atoms with van der Waals surface area (Å²) in [7, 11) is 3.28. The number of rotatable bonds is 6. The standard InChI is InChI=1S/C17H24N2O2/c1-6-7-16(18-4)19-11-13(3)15-10-14(17(20)21-5)9-8-12(15)2/h6-11,16,18-19H,1-5H3/b7-6-,13-11+. The van der Waals surface area contributed by atoms with Crippen molar-refractivity contribution < 1.29 is 9.53 Å². The highest BCUT2D eigenvalue weighted by Gasteiger charge is 2.09. The number of carbonyl (C=O) groups excluding carboxylic acids is 1. The molecule has 114 valence electrons. The third-order valence-corrected chi connectivity index (χ3v) is 3.26. The van der Waals surface area contributed by atoms with Crippen LogP contribution in [0.2, 0.25) is 0 Å². The highest BCUT2D eigenvalue weighted by Crippen LogP contribution is 2.20. The first-order valence-corrected chi connectivity index (χ1v) is 6.95. The van der Waals surface area contributed by atoms with Crippen LogP contribution in [0.5, 0.6) is 0 Å². The van der Waals surface area contributed by atoms with Crippen LogP contribution in [0.4, 0.5) is 0 Å². The number of ether oxygens (including phenoxy) is 1. The summed E-state index contributed by atoms with van der Waals surface area (Å²) in [4.78, 5) is 11.6. The second-order valence-electron chi connectivity index (χ2n) is 4.81. The lowest BCUT2D eigenvalue weighted by atomic mass is 9.99. The maximum absolute atomic E-state index is 11.6. The van der Waals surface area contributed by atoms with E-state index in [1.807, 2.05) is 58.3 Å². The molecule has 0 saturated carbocycles. The summed E-state index contributed by atoms with van der Waals surface area (Å²) >= 11 is 0. The molecule has 1 aromatic rings. The number of nitrogens with one attached hydrogen (secondary N) is 2. The quantitative estimate of drug-likeness (QED) is 0.480. The topological polar surface area (TPSA) is 50.4 Å². The van der Waals surface area contributed by atoms with Crippen LogP contribution in [0.15, 0.2) is 36.6 Å². The molecule has 2 N–H and O–H groups in total. The number of benzene rings is 1. The lowest BCUT2D eigenvalue weighted by Gasteiger charge is -2.14. The number of likely N-dealkylation sites (N-methyl/N-ethyl adjacent to an activating group) is 1. The van der Waals surface area contributed by atoms with Crippen molar-refractivity contribution in [3.63, 3.8) is 0 Å². The Bertz CT molecular complexity index is 548. The average molecular weight is 288 g/mol. The normalized spacial score (nSPS) is 13.3. The monoisotopic (exact) mass is 288 g/mol. The molecule has 0 spiro atoms. The predicted molar refractivity (Wildman–Crippen MR) is 87.0 cm³/mol. The van der Waals surface area contributed by atoms with E-state index in [1.54, 1.807) is 6.07 Å². The molecule has 4 heteroatoms. The number of hydrogen-bond acceptors (Lipinski definition) is 4. The lowest BCUT2D eigenvalue weighted by Crippen LogP contribution is -2.35. The molecule has 0 fully saturated rings. The molecule has 0 bridgehead atoms. The fourth-order valence-electron chi connectivity index (χ4n) is 2.01. The summed E-state index contributed by atoms with van der Waals surface area (Å²) in [5.74, 6) is -0.320. The van der Waals surface area contributed by atoms with Gasteiger partial charge < -0.3 is 10.1 Å². The molecule has 0 aromatic heterocycles. The first-order chi connectivity index (χ1) is 10.0. The Kier molecular flexibility index (Phi) is 6.69. The third-order valence-electron chi connectivity index (χ3n) is 3.26. The zero-order valence-corrected chi connectivity index (χ0v) is 13.4. The number of esters is 1. The largest absolute Gasteiger partial charge is 0.465 e. The Balaban J connectivity index is 3.00. The van der Waals surface area contributed by atoms with Crippen LogP contribution in [0.1, 0.15) is 35.3 Å². The van der Waals surface area contributed by atoms with Gasteiger partial charge in [0.05, 0.1) is 18.8 Å². The number of allylic oxidation sites excluding steroid dienone is 2. The van der Waals surface area contributed by atoms with Gasteiger partial charge in [-0.05, 0) is 56.7 Å². The summed E-state index contributed by atoms with van der Waals surface area (Å²) in [5, 5.41) is 6.43. The van der Waals surface area contributed by atoms with Crippen molar-refractivity contribution in [1.29, 1.82) is 0 Å². The SMILES string of the molecule is C/C=C\C(NC)N/C=C(\C)c1cc(C(=O)OC)ccc1C. The van der Waals surface area contributed by atoms with Gasteiger partial charge in [0.2, 0.25) is 0 Å². The van der Waals surface area contributed by atoms with Gasteiger partial charge in [-0.2, -0.15) is 0 Å². The molecule has 1 aromatic carbocycles. The third kappa shape index (κ3) is 4.76. The van der Waals surface area contributed by atoms with Gasteiger partial charge in [-0.1, -0.05) is 18.2 Å². The molecular weight excluding hydrogens is 264 g/mol. The van der Waals surface area contributed by atoms with E-state index >= 15 is 0 Å². The van der Waals surface area contributed by atoms with Gasteiger partial charge in [0.15, 0.2) is 0 Å². The Hall–Kier alpha value is -2.07. The lowest BCUT2D eigenvalue weighted by molar-refractivity contribution is 0.0600. The molecule has 0 heterocycles. The summed E-state index contributed by atoms with van der Waals surface area (Å²) < 4.78 is 4.77. The van der Waals surface area contributed by atoms with E-state index in [4.69, 9.17) is 4.74 Å². The molecule has 21 heavy (non-hydrogen) atoms. The minimum Gasteiger partial charge on any atom is -0.465 e. The Morgan fingerprint density at radius 3 is 2.67 bits per heavy atom. The molecule has 0 saturated heterocycles. The van der Waals surface area contributed by atoms with Crippen LogP contribution in [-0.2, 0) is 4.74 Å². The van der Waals surface area contributed by atoms with Crippen LogP contribution in [0.3, 0.4) is 0 Å². The molecule has 1 rings (SSSR count). The summed E-state index contributed by atoms with van der Waals surface area (Å²) in [6, 6.07) is 5.57. The molecule has 4 nitrogen and oxygen atoms in total. The Morgan fingerprint density at radius 1 is 1.38 bits per heavy atom. The first-order valence-electron chi connectivity index (χ1n) is 6.95. The zero-order valence-electron chi connectivity index (χ0n) is 13.4. The molecule has 1 unspecified atom stereocenters. The van der Waals surface area contributed by atoms with Crippen molar-refractivity contribution in [3.8, 4) is 0 Å². The van der Waals surface area contributed by atoms with Crippen molar-refractivity contribution in [2.45, 2.75) is 26.9 Å². The van der Waals surface area contributed by atoms with Crippen LogP contribution in [0, 0.1) is 6.92 Å². The van der Waals surface area contributed by atoms with E-state index in [0.29, 0.717) is 5.56 Å². The van der Waals surface area contributed by atoms with Crippen molar-refractivity contribution in [3.05, 3.63) is 53.2 Å². The fraction of sp³-hybridized carbons (Fsp3) is 0.353. The van der Waals surface area contributed by atoms with Gasteiger partial charge in [0.25, 0.3) is 0 Å². The fourth-order valence-corrected chi connectivity index (χ4v) is 2.01. The van der Waals surface area contributed by atoms with E-state index in [1.165, 1.54) is 7.11 Å². The molecular formula is C17H24N2O2. The summed E-state index contributed by atoms with van der Waals surface area (Å²) in [6.07, 6.45) is 6.04. The minimum absolute atomic E-state index is 0.0778. The Labute approximate surface area is 126 Å². The maximum Gasteiger partial charge on any atom is 0.337 e. The van der Waals surface area contributed by atoms with E-state index in [2.05, 4.69) is 10.6 Å². The van der Waals surface area contributed by atoms with E-state index in [9.17, 15) is 4.79 Å². The molecule has 1 atom stereocenters.